The number of benzene rings is 1. The van der Waals surface area contributed by atoms with E-state index in [-0.39, 0.29) is 12.0 Å². The highest BCUT2D eigenvalue weighted by molar-refractivity contribution is 6.30. The number of carboxylic acids is 2. The molecule has 2 aliphatic heterocycles. The van der Waals surface area contributed by atoms with E-state index < -0.39 is 24.3 Å². The van der Waals surface area contributed by atoms with E-state index >= 15 is 0 Å². The maximum atomic E-state index is 12.2. The van der Waals surface area contributed by atoms with E-state index in [9.17, 15) is 31.1 Å². The molecule has 1 amide bonds. The molecule has 3 N–H and O–H groups in total. The average Bonchev–Trinajstić information content (AvgIpc) is 3.44. The number of hydrogen-bond acceptors (Lipinski definition) is 6. The summed E-state index contributed by atoms with van der Waals surface area (Å²) in [7, 11) is 0. The Morgan fingerprint density at radius 3 is 1.98 bits per heavy atom. The minimum Gasteiger partial charge on any atom is -0.475 e. The quantitative estimate of drug-likeness (QED) is 0.442. The molecule has 1 aromatic carbocycles. The summed E-state index contributed by atoms with van der Waals surface area (Å²) in [6.07, 6.45) is -6.63. The number of aliphatic carboxylic acids is 2. The summed E-state index contributed by atoms with van der Waals surface area (Å²) >= 11 is 5.96. The van der Waals surface area contributed by atoms with Gasteiger partial charge in [-0.3, -0.25) is 14.7 Å². The van der Waals surface area contributed by atoms with E-state index in [0.29, 0.717) is 23.9 Å². The van der Waals surface area contributed by atoms with Crippen molar-refractivity contribution < 1.29 is 55.7 Å². The summed E-state index contributed by atoms with van der Waals surface area (Å²) in [5.41, 5.74) is 1.91. The van der Waals surface area contributed by atoms with Crippen LogP contribution in [0.5, 0.6) is 0 Å². The topological polar surface area (TPSA) is 129 Å². The lowest BCUT2D eigenvalue weighted by molar-refractivity contribution is -0.193. The van der Waals surface area contributed by atoms with Crippen molar-refractivity contribution in [2.75, 3.05) is 26.2 Å². The number of hydrogen-bond donors (Lipinski definition) is 3. The van der Waals surface area contributed by atoms with Crippen molar-refractivity contribution >= 4 is 29.4 Å². The van der Waals surface area contributed by atoms with Gasteiger partial charge in [0.1, 0.15) is 0 Å². The molecule has 0 bridgehead atoms. The summed E-state index contributed by atoms with van der Waals surface area (Å²) < 4.78 is 69.5. The number of nitrogens with zero attached hydrogens (tertiary/aromatic N) is 2. The molecule has 2 aliphatic rings. The second-order valence-corrected chi connectivity index (χ2v) is 9.10. The molecule has 1 aromatic heterocycles. The first-order valence-corrected chi connectivity index (χ1v) is 11.8. The highest BCUT2D eigenvalue weighted by atomic mass is 35.5. The zero-order valence-corrected chi connectivity index (χ0v) is 21.2. The van der Waals surface area contributed by atoms with Gasteiger partial charge in [-0.25, -0.2) is 9.59 Å². The molecule has 0 saturated carbocycles. The van der Waals surface area contributed by atoms with Gasteiger partial charge in [0, 0.05) is 61.0 Å². The highest BCUT2D eigenvalue weighted by Gasteiger charge is 2.43. The molecule has 0 aliphatic carbocycles. The van der Waals surface area contributed by atoms with Gasteiger partial charge in [0.05, 0.1) is 12.7 Å². The number of nitrogens with one attached hydrogen (secondary N) is 1. The van der Waals surface area contributed by atoms with E-state index in [1.807, 2.05) is 12.1 Å². The Balaban J connectivity index is 0.000000333. The minimum absolute atomic E-state index is 0.0492. The van der Waals surface area contributed by atoms with Crippen LogP contribution >= 0.6 is 11.6 Å². The molecule has 0 unspecified atom stereocenters. The normalized spacial score (nSPS) is 20.3. The number of likely N-dealkylation sites (tertiary alicyclic amines) is 1. The molecule has 4 rings (SSSR count). The second-order valence-electron chi connectivity index (χ2n) is 8.67. The molecule has 2 saturated heterocycles. The van der Waals surface area contributed by atoms with E-state index in [1.54, 1.807) is 24.5 Å². The van der Waals surface area contributed by atoms with Crippen molar-refractivity contribution in [3.8, 4) is 0 Å². The van der Waals surface area contributed by atoms with Crippen molar-refractivity contribution in [2.24, 2.45) is 11.8 Å². The van der Waals surface area contributed by atoms with Crippen LogP contribution in [0.3, 0.4) is 0 Å². The Morgan fingerprint density at radius 2 is 1.48 bits per heavy atom. The second kappa shape index (κ2) is 14.3. The predicted molar refractivity (Wildman–Crippen MR) is 127 cm³/mol. The third-order valence-electron chi connectivity index (χ3n) is 5.79. The third kappa shape index (κ3) is 10.6. The number of halogens is 7. The van der Waals surface area contributed by atoms with Crippen LogP contribution in [0.1, 0.15) is 15.9 Å². The molecule has 9 nitrogen and oxygen atoms in total. The number of pyridine rings is 1. The van der Waals surface area contributed by atoms with Crippen LogP contribution in [-0.4, -0.2) is 82.6 Å². The van der Waals surface area contributed by atoms with Gasteiger partial charge in [0.25, 0.3) is 5.91 Å². The summed E-state index contributed by atoms with van der Waals surface area (Å²) in [4.78, 5) is 36.4. The summed E-state index contributed by atoms with van der Waals surface area (Å²) in [5.74, 6) is -4.73. The van der Waals surface area contributed by atoms with Crippen LogP contribution in [0, 0.1) is 11.8 Å². The number of carbonyl (C=O) groups excluding carboxylic acids is 1. The number of fused-ring (bicyclic) bond motifs is 1. The fourth-order valence-corrected chi connectivity index (χ4v) is 4.02. The first-order chi connectivity index (χ1) is 18.6. The molecule has 2 aromatic rings. The highest BCUT2D eigenvalue weighted by Crippen LogP contribution is 2.34. The van der Waals surface area contributed by atoms with Crippen LogP contribution in [0.25, 0.3) is 0 Å². The SMILES string of the molecule is O=C(NC[C@@H]1CO[C@@H]2CN(Cc3ccc(Cl)cc3)C[C@H]12)c1ccncc1.O=C(O)C(F)(F)F.O=C(O)C(F)(F)F. The van der Waals surface area contributed by atoms with Crippen molar-refractivity contribution in [3.05, 3.63) is 64.9 Å². The smallest absolute Gasteiger partial charge is 0.475 e. The maximum absolute atomic E-state index is 12.2. The van der Waals surface area contributed by atoms with Gasteiger partial charge < -0.3 is 20.3 Å². The molecule has 40 heavy (non-hydrogen) atoms. The minimum atomic E-state index is -5.08. The molecule has 16 heteroatoms. The first kappa shape index (κ1) is 32.8. The molecule has 220 valence electrons. The lowest BCUT2D eigenvalue weighted by atomic mass is 9.93. The van der Waals surface area contributed by atoms with Crippen molar-refractivity contribution in [1.29, 1.82) is 0 Å². The molecule has 0 radical (unpaired) electrons. The Hall–Kier alpha value is -3.43. The van der Waals surface area contributed by atoms with Gasteiger partial charge in [-0.05, 0) is 29.8 Å². The number of ether oxygens (including phenoxy) is 1. The number of amides is 1. The van der Waals surface area contributed by atoms with Crippen molar-refractivity contribution in [1.82, 2.24) is 15.2 Å². The van der Waals surface area contributed by atoms with E-state index in [0.717, 1.165) is 31.3 Å². The number of alkyl halides is 6. The fraction of sp³-hybridized carbons (Fsp3) is 0.417. The van der Waals surface area contributed by atoms with Crippen LogP contribution in [0.4, 0.5) is 26.3 Å². The van der Waals surface area contributed by atoms with Crippen LogP contribution < -0.4 is 5.32 Å². The van der Waals surface area contributed by atoms with Gasteiger partial charge in [-0.2, -0.15) is 26.3 Å². The molecule has 3 heterocycles. The summed E-state index contributed by atoms with van der Waals surface area (Å²) in [5, 5.41) is 18.1. The Kier molecular flexibility index (Phi) is 11.7. The van der Waals surface area contributed by atoms with Gasteiger partial charge in [0.15, 0.2) is 0 Å². The van der Waals surface area contributed by atoms with Crippen LogP contribution in [-0.2, 0) is 20.9 Å². The molecular formula is C24H24ClF6N3O6. The Bertz CT molecular complexity index is 1110. The van der Waals surface area contributed by atoms with E-state index in [2.05, 4.69) is 27.3 Å². The number of rotatable bonds is 5. The van der Waals surface area contributed by atoms with E-state index in [1.165, 1.54) is 5.56 Å². The van der Waals surface area contributed by atoms with Gasteiger partial charge in [0.2, 0.25) is 0 Å². The average molecular weight is 600 g/mol. The van der Waals surface area contributed by atoms with Gasteiger partial charge >= 0.3 is 24.3 Å². The predicted octanol–water partition coefficient (Wildman–Crippen LogP) is 3.88. The zero-order chi connectivity index (χ0) is 30.1. The summed E-state index contributed by atoms with van der Waals surface area (Å²) in [6, 6.07) is 11.5. The Morgan fingerprint density at radius 1 is 0.950 bits per heavy atom. The fourth-order valence-electron chi connectivity index (χ4n) is 3.90. The summed E-state index contributed by atoms with van der Waals surface area (Å²) in [6.45, 7) is 4.23. The molecule has 0 spiro atoms. The monoisotopic (exact) mass is 599 g/mol. The zero-order valence-electron chi connectivity index (χ0n) is 20.5. The molecule has 2 fully saturated rings. The number of carbonyl (C=O) groups is 3. The molecule has 3 atom stereocenters. The molecular weight excluding hydrogens is 576 g/mol. The van der Waals surface area contributed by atoms with Gasteiger partial charge in [-0.1, -0.05) is 23.7 Å². The van der Waals surface area contributed by atoms with E-state index in [4.69, 9.17) is 36.1 Å². The largest absolute Gasteiger partial charge is 0.490 e. The van der Waals surface area contributed by atoms with Crippen LogP contribution in [0.2, 0.25) is 5.02 Å². The standard InChI is InChI=1S/C20H22ClN3O2.2C2HF3O2/c21-17-3-1-14(2-4-17)10-24-11-18-16(13-26-19(18)12-24)9-23-20(25)15-5-7-22-8-6-15;2*3-2(4,5)1(6)7/h1-8,16,18-19H,9-13H2,(H,23,25);2*(H,6,7)/t16-,18-,19-;;/m1../s1. The number of carboxylic acid groups (broad SMARTS) is 2. The lowest BCUT2D eigenvalue weighted by Crippen LogP contribution is -2.34. The van der Waals surface area contributed by atoms with Crippen LogP contribution in [0.15, 0.2) is 48.8 Å². The Labute approximate surface area is 228 Å². The lowest BCUT2D eigenvalue weighted by Gasteiger charge is -2.20. The van der Waals surface area contributed by atoms with Crippen molar-refractivity contribution in [2.45, 2.75) is 25.0 Å². The first-order valence-electron chi connectivity index (χ1n) is 11.4. The number of aromatic nitrogens is 1. The van der Waals surface area contributed by atoms with Gasteiger partial charge in [-0.15, -0.1) is 0 Å². The van der Waals surface area contributed by atoms with Crippen molar-refractivity contribution in [3.63, 3.8) is 0 Å². The maximum Gasteiger partial charge on any atom is 0.490 e. The third-order valence-corrected chi connectivity index (χ3v) is 6.04.